The summed E-state index contributed by atoms with van der Waals surface area (Å²) in [6, 6.07) is 12.0. The molecule has 0 saturated carbocycles. The Kier molecular flexibility index (Phi) is 7.40. The van der Waals surface area contributed by atoms with Crippen molar-refractivity contribution in [3.05, 3.63) is 61.2 Å². The zero-order chi connectivity index (χ0) is 9.94. The topological polar surface area (TPSA) is 17.1 Å². The number of carbonyl (C=O) groups is 1. The first-order valence-electron chi connectivity index (χ1n) is 4.07. The van der Waals surface area contributed by atoms with Gasteiger partial charge in [0.25, 0.3) is 0 Å². The molecule has 0 unspecified atom stereocenters. The molecule has 0 fully saturated rings. The summed E-state index contributed by atoms with van der Waals surface area (Å²) in [5.74, 6) is 0.0555. The van der Waals surface area contributed by atoms with Gasteiger partial charge >= 0.3 is 0 Å². The van der Waals surface area contributed by atoms with Crippen molar-refractivity contribution in [3.63, 3.8) is 0 Å². The number of hydrogen-bond donors (Lipinski definition) is 0. The first-order chi connectivity index (χ1) is 6.27. The smallest absolute Gasteiger partial charge is 0.152 e. The molecule has 1 nitrogen and oxygen atoms in total. The molecule has 0 aliphatic carbocycles. The Balaban J connectivity index is 0.000000223. The highest BCUT2D eigenvalue weighted by Gasteiger charge is 1.74. The molecule has 0 aromatic heterocycles. The summed E-state index contributed by atoms with van der Waals surface area (Å²) in [5.41, 5.74) is 0. The average Bonchev–Trinajstić information content (AvgIpc) is 2.18. The minimum absolute atomic E-state index is 0.0555. The van der Waals surface area contributed by atoms with Gasteiger partial charge in [-0.2, -0.15) is 0 Å². The van der Waals surface area contributed by atoms with E-state index in [0.717, 1.165) is 0 Å². The maximum Gasteiger partial charge on any atom is 0.152 e. The lowest BCUT2D eigenvalue weighted by Gasteiger charge is -1.70. The first kappa shape index (κ1) is 11.4. The summed E-state index contributed by atoms with van der Waals surface area (Å²) in [6.07, 6.45) is 4.65. The highest BCUT2D eigenvalue weighted by atomic mass is 16.1. The molecular formula is C12H14O. The number of benzene rings is 1. The maximum atomic E-state index is 10.1. The Morgan fingerprint density at radius 1 is 1.08 bits per heavy atom. The molecule has 0 aliphatic heterocycles. The summed E-state index contributed by atoms with van der Waals surface area (Å²) in [5, 5.41) is 0. The van der Waals surface area contributed by atoms with Gasteiger partial charge in [-0.15, -0.1) is 0 Å². The van der Waals surface area contributed by atoms with Gasteiger partial charge in [0.1, 0.15) is 0 Å². The van der Waals surface area contributed by atoms with E-state index in [1.165, 1.54) is 13.0 Å². The van der Waals surface area contributed by atoms with Crippen molar-refractivity contribution < 1.29 is 4.79 Å². The van der Waals surface area contributed by atoms with Gasteiger partial charge < -0.3 is 0 Å². The van der Waals surface area contributed by atoms with Crippen LogP contribution >= 0.6 is 0 Å². The van der Waals surface area contributed by atoms with E-state index in [4.69, 9.17) is 0 Å². The summed E-state index contributed by atoms with van der Waals surface area (Å²) in [4.78, 5) is 10.1. The van der Waals surface area contributed by atoms with Crippen molar-refractivity contribution in [3.8, 4) is 0 Å². The van der Waals surface area contributed by atoms with Crippen molar-refractivity contribution >= 4 is 5.78 Å². The van der Waals surface area contributed by atoms with Crippen LogP contribution < -0.4 is 0 Å². The van der Waals surface area contributed by atoms with Gasteiger partial charge in [0, 0.05) is 0 Å². The van der Waals surface area contributed by atoms with Crippen LogP contribution in [0.3, 0.4) is 0 Å². The van der Waals surface area contributed by atoms with Crippen molar-refractivity contribution in [1.29, 1.82) is 0 Å². The molecule has 0 saturated heterocycles. The van der Waals surface area contributed by atoms with Gasteiger partial charge in [0.05, 0.1) is 0 Å². The van der Waals surface area contributed by atoms with Gasteiger partial charge in [-0.25, -0.2) is 0 Å². The van der Waals surface area contributed by atoms with Crippen LogP contribution in [0.1, 0.15) is 6.92 Å². The fourth-order valence-corrected chi connectivity index (χ4v) is 0.588. The highest BCUT2D eigenvalue weighted by molar-refractivity contribution is 5.87. The molecule has 0 heterocycles. The van der Waals surface area contributed by atoms with E-state index in [9.17, 15) is 4.79 Å². The third-order valence-electron chi connectivity index (χ3n) is 1.13. The van der Waals surface area contributed by atoms with Crippen molar-refractivity contribution in [1.82, 2.24) is 0 Å². The average molecular weight is 174 g/mol. The normalized spacial score (nSPS) is 8.69. The number of hydrogen-bond acceptors (Lipinski definition) is 1. The second-order valence-electron chi connectivity index (χ2n) is 2.36. The molecule has 68 valence electrons. The fraction of sp³-hybridized carbons (Fsp3) is 0.0833. The molecule has 1 aromatic rings. The molecule has 13 heavy (non-hydrogen) atoms. The van der Waals surface area contributed by atoms with Crippen LogP contribution in [-0.4, -0.2) is 5.78 Å². The Hall–Kier alpha value is -1.63. The maximum absolute atomic E-state index is 10.1. The number of carbonyl (C=O) groups excluding carboxylic acids is 1. The number of ketones is 1. The minimum atomic E-state index is 0.0555. The molecule has 1 aromatic carbocycles. The monoisotopic (exact) mass is 174 g/mol. The predicted molar refractivity (Wildman–Crippen MR) is 56.5 cm³/mol. The van der Waals surface area contributed by atoms with Crippen LogP contribution in [0.4, 0.5) is 0 Å². The van der Waals surface area contributed by atoms with Gasteiger partial charge in [-0.3, -0.25) is 4.79 Å². The Bertz CT molecular complexity index is 233. The highest BCUT2D eigenvalue weighted by Crippen LogP contribution is 1.79. The third kappa shape index (κ3) is 10.4. The molecule has 0 bridgehead atoms. The Labute approximate surface area is 79.4 Å². The lowest BCUT2D eigenvalue weighted by Crippen LogP contribution is -1.76. The number of allylic oxidation sites excluding steroid dienone is 3. The molecule has 1 heteroatoms. The van der Waals surface area contributed by atoms with E-state index < -0.39 is 0 Å². The molecular weight excluding hydrogens is 160 g/mol. The van der Waals surface area contributed by atoms with Crippen LogP contribution in [0.15, 0.2) is 61.2 Å². The second kappa shape index (κ2) is 8.47. The third-order valence-corrected chi connectivity index (χ3v) is 1.13. The van der Waals surface area contributed by atoms with E-state index in [1.54, 1.807) is 12.2 Å². The molecule has 0 radical (unpaired) electrons. The van der Waals surface area contributed by atoms with Gasteiger partial charge in [0.2, 0.25) is 0 Å². The molecule has 1 rings (SSSR count). The number of rotatable bonds is 2. The second-order valence-corrected chi connectivity index (χ2v) is 2.36. The quantitative estimate of drug-likeness (QED) is 0.497. The molecule has 0 spiro atoms. The SMILES string of the molecule is C=CC=CC(C)=O.c1ccccc1. The van der Waals surface area contributed by atoms with Crippen molar-refractivity contribution in [2.24, 2.45) is 0 Å². The van der Waals surface area contributed by atoms with E-state index in [1.807, 2.05) is 36.4 Å². The van der Waals surface area contributed by atoms with Crippen LogP contribution in [0.5, 0.6) is 0 Å². The predicted octanol–water partition coefficient (Wildman–Crippen LogP) is 3.00. The van der Waals surface area contributed by atoms with Gasteiger partial charge in [0.15, 0.2) is 5.78 Å². The van der Waals surface area contributed by atoms with Crippen LogP contribution in [0.2, 0.25) is 0 Å². The van der Waals surface area contributed by atoms with Crippen LogP contribution in [0, 0.1) is 0 Å². The largest absolute Gasteiger partial charge is 0.295 e. The summed E-state index contributed by atoms with van der Waals surface area (Å²) in [6.45, 7) is 4.89. The van der Waals surface area contributed by atoms with Crippen molar-refractivity contribution in [2.45, 2.75) is 6.92 Å². The van der Waals surface area contributed by atoms with Gasteiger partial charge in [-0.1, -0.05) is 55.1 Å². The fourth-order valence-electron chi connectivity index (χ4n) is 0.588. The Morgan fingerprint density at radius 3 is 1.62 bits per heavy atom. The summed E-state index contributed by atoms with van der Waals surface area (Å²) >= 11 is 0. The van der Waals surface area contributed by atoms with Crippen LogP contribution in [0.25, 0.3) is 0 Å². The summed E-state index contributed by atoms with van der Waals surface area (Å²) in [7, 11) is 0. The molecule has 0 N–H and O–H groups in total. The van der Waals surface area contributed by atoms with E-state index in [-0.39, 0.29) is 5.78 Å². The van der Waals surface area contributed by atoms with E-state index >= 15 is 0 Å². The molecule has 0 atom stereocenters. The molecule has 0 amide bonds. The Morgan fingerprint density at radius 2 is 1.46 bits per heavy atom. The lowest BCUT2D eigenvalue weighted by molar-refractivity contribution is -0.112. The zero-order valence-electron chi connectivity index (χ0n) is 7.81. The summed E-state index contributed by atoms with van der Waals surface area (Å²) < 4.78 is 0. The minimum Gasteiger partial charge on any atom is -0.295 e. The first-order valence-corrected chi connectivity index (χ1v) is 4.07. The lowest BCUT2D eigenvalue weighted by atomic mass is 10.4. The van der Waals surface area contributed by atoms with Crippen molar-refractivity contribution in [2.75, 3.05) is 0 Å². The molecule has 0 aliphatic rings. The van der Waals surface area contributed by atoms with E-state index in [2.05, 4.69) is 6.58 Å². The van der Waals surface area contributed by atoms with Crippen LogP contribution in [-0.2, 0) is 4.79 Å². The van der Waals surface area contributed by atoms with Gasteiger partial charge in [-0.05, 0) is 13.0 Å². The standard InChI is InChI=1S/C6H8O.C6H6/c1-3-4-5-6(2)7;1-2-4-6-5-3-1/h3-5H,1H2,2H3;1-6H. The van der Waals surface area contributed by atoms with E-state index in [0.29, 0.717) is 0 Å². The zero-order valence-corrected chi connectivity index (χ0v) is 7.81.